The van der Waals surface area contributed by atoms with Crippen LogP contribution < -0.4 is 0 Å². The maximum atomic E-state index is 8.88. The Hall–Kier alpha value is -2.54. The average Bonchev–Trinajstić information content (AvgIpc) is 2.97. The summed E-state index contributed by atoms with van der Waals surface area (Å²) in [6.45, 7) is 5.89. The molecule has 0 aliphatic heterocycles. The molecule has 0 fully saturated rings. The third-order valence-corrected chi connectivity index (χ3v) is 4.11. The maximum Gasteiger partial charge on any atom is 0.0826 e. The average molecular weight is 304 g/mol. The van der Waals surface area contributed by atoms with Gasteiger partial charge in [0.2, 0.25) is 0 Å². The third-order valence-electron chi connectivity index (χ3n) is 4.11. The van der Waals surface area contributed by atoms with Crippen molar-refractivity contribution in [2.75, 3.05) is 0 Å². The summed E-state index contributed by atoms with van der Waals surface area (Å²) >= 11 is 0. The molecule has 0 unspecified atom stereocenters. The molecule has 4 rings (SSSR count). The van der Waals surface area contributed by atoms with Crippen LogP contribution >= 0.6 is 0 Å². The molecular weight excluding hydrogens is 278 g/mol. The van der Waals surface area contributed by atoms with Crippen molar-refractivity contribution in [3.05, 3.63) is 78.4 Å². The van der Waals surface area contributed by atoms with Crippen LogP contribution in [0.25, 0.3) is 27.4 Å². The van der Waals surface area contributed by atoms with Gasteiger partial charge in [-0.25, -0.2) is 0 Å². The van der Waals surface area contributed by atoms with Gasteiger partial charge in [-0.3, -0.25) is 0 Å². The lowest BCUT2D eigenvalue weighted by Crippen LogP contribution is -2.10. The summed E-state index contributed by atoms with van der Waals surface area (Å²) in [6.07, 6.45) is 0.199. The molecule has 1 heterocycles. The number of hydrogen-bond acceptors (Lipinski definition) is 0. The van der Waals surface area contributed by atoms with E-state index in [4.69, 9.17) is 6.85 Å². The summed E-state index contributed by atoms with van der Waals surface area (Å²) in [5.41, 5.74) is 1.25. The molecule has 0 N–H and O–H groups in total. The Bertz CT molecular complexity index is 1250. The number of hydrogen-bond donors (Lipinski definition) is 0. The Labute approximate surface area is 144 Å². The summed E-state index contributed by atoms with van der Waals surface area (Å²) in [5.74, 6) is 0. The van der Waals surface area contributed by atoms with Crippen LogP contribution in [0.1, 0.15) is 33.2 Å². The van der Waals surface area contributed by atoms with Crippen LogP contribution in [0.3, 0.4) is 0 Å². The fourth-order valence-corrected chi connectivity index (χ4v) is 2.93. The highest BCUT2D eigenvalue weighted by Gasteiger charge is 2.20. The molecule has 1 nitrogen and oxygen atoms in total. The molecule has 1 aromatic heterocycles. The van der Waals surface area contributed by atoms with Crippen LogP contribution in [0, 0.1) is 0 Å². The van der Waals surface area contributed by atoms with Gasteiger partial charge >= 0.3 is 0 Å². The Morgan fingerprint density at radius 2 is 1.65 bits per heavy atom. The van der Waals surface area contributed by atoms with Gasteiger partial charge in [-0.2, -0.15) is 0 Å². The zero-order valence-electron chi connectivity index (χ0n) is 18.5. The van der Waals surface area contributed by atoms with Gasteiger partial charge in [-0.15, -0.1) is 0 Å². The minimum absolute atomic E-state index is 0.0889. The molecule has 114 valence electrons. The van der Waals surface area contributed by atoms with Gasteiger partial charge in [0.25, 0.3) is 0 Å². The lowest BCUT2D eigenvalue weighted by atomic mass is 9.87. The first-order valence-electron chi connectivity index (χ1n) is 10.2. The van der Waals surface area contributed by atoms with Crippen LogP contribution in [0.4, 0.5) is 0 Å². The highest BCUT2D eigenvalue weighted by atomic mass is 15.0. The Kier molecular flexibility index (Phi) is 2.07. The quantitative estimate of drug-likeness (QED) is 0.401. The molecule has 1 heteroatoms. The second kappa shape index (κ2) is 4.99. The Morgan fingerprint density at radius 1 is 0.913 bits per heavy atom. The molecule has 0 atom stereocenters. The zero-order valence-corrected chi connectivity index (χ0v) is 13.5. The predicted molar refractivity (Wildman–Crippen MR) is 99.5 cm³/mol. The molecule has 0 spiro atoms. The van der Waals surface area contributed by atoms with Gasteiger partial charge < -0.3 is 4.57 Å². The van der Waals surface area contributed by atoms with E-state index in [1.807, 2.05) is 63.2 Å². The van der Waals surface area contributed by atoms with Crippen molar-refractivity contribution in [2.45, 2.75) is 26.2 Å². The van der Waals surface area contributed by atoms with Crippen LogP contribution in [0.15, 0.2) is 72.8 Å². The van der Waals surface area contributed by atoms with Crippen molar-refractivity contribution in [1.29, 1.82) is 0 Å². The van der Waals surface area contributed by atoms with E-state index in [2.05, 4.69) is 0 Å². The van der Waals surface area contributed by atoms with E-state index in [1.54, 1.807) is 4.57 Å². The standard InChI is InChI=1S/C22H21N/c1-22(2,3)20-15-23(21-11-7-6-10-19(20)21)18-13-12-16-8-4-5-9-17(16)14-18/h4-15H,1-3H3/i6D,7D,10D,11D,15D. The molecule has 0 radical (unpaired) electrons. The smallest absolute Gasteiger partial charge is 0.0826 e. The topological polar surface area (TPSA) is 4.93 Å². The van der Waals surface area contributed by atoms with Gasteiger partial charge in [0, 0.05) is 17.2 Å². The fourth-order valence-electron chi connectivity index (χ4n) is 2.93. The number of benzene rings is 3. The number of fused-ring (bicyclic) bond motifs is 2. The van der Waals surface area contributed by atoms with Gasteiger partial charge in [0.15, 0.2) is 0 Å². The normalized spacial score (nSPS) is 15.2. The molecule has 23 heavy (non-hydrogen) atoms. The summed E-state index contributed by atoms with van der Waals surface area (Å²) in [6, 6.07) is 13.0. The molecule has 0 aliphatic carbocycles. The molecule has 0 saturated carbocycles. The van der Waals surface area contributed by atoms with Crippen molar-refractivity contribution < 1.29 is 6.85 Å². The number of rotatable bonds is 1. The number of para-hydroxylation sites is 1. The van der Waals surface area contributed by atoms with E-state index in [1.165, 1.54) is 0 Å². The molecule has 4 aromatic rings. The third kappa shape index (κ3) is 2.33. The largest absolute Gasteiger partial charge is 0.316 e. The first kappa shape index (κ1) is 9.57. The van der Waals surface area contributed by atoms with Gasteiger partial charge in [0.1, 0.15) is 0 Å². The van der Waals surface area contributed by atoms with E-state index < -0.39 is 5.41 Å². The monoisotopic (exact) mass is 304 g/mol. The van der Waals surface area contributed by atoms with Crippen LogP contribution in [-0.4, -0.2) is 4.57 Å². The van der Waals surface area contributed by atoms with Crippen LogP contribution in [0.2, 0.25) is 0 Å². The second-order valence-electron chi connectivity index (χ2n) is 6.83. The number of aromatic nitrogens is 1. The molecular formula is C22H21N. The second-order valence-corrected chi connectivity index (χ2v) is 6.83. The first-order chi connectivity index (χ1) is 13.1. The van der Waals surface area contributed by atoms with Crippen molar-refractivity contribution in [3.63, 3.8) is 0 Å². The molecule has 0 bridgehead atoms. The molecule has 0 aliphatic rings. The highest BCUT2D eigenvalue weighted by Crippen LogP contribution is 2.33. The summed E-state index contributed by atoms with van der Waals surface area (Å²) < 4.78 is 43.7. The zero-order chi connectivity index (χ0) is 20.4. The minimum Gasteiger partial charge on any atom is -0.316 e. The van der Waals surface area contributed by atoms with E-state index in [9.17, 15) is 0 Å². The highest BCUT2D eigenvalue weighted by molar-refractivity contribution is 5.89. The SMILES string of the molecule is [2H]c1c([2H])c([2H])c2c(c1[2H])c(C(C)(C)C)c([2H])n2-c1ccc2ccccc2c1. The minimum atomic E-state index is -0.449. The molecule has 0 saturated heterocycles. The van der Waals surface area contributed by atoms with Crippen molar-refractivity contribution in [2.24, 2.45) is 0 Å². The Morgan fingerprint density at radius 3 is 2.43 bits per heavy atom. The predicted octanol–water partition coefficient (Wildman–Crippen LogP) is 6.08. The van der Waals surface area contributed by atoms with E-state index >= 15 is 0 Å². The summed E-state index contributed by atoms with van der Waals surface area (Å²) in [5, 5.41) is 2.52. The van der Waals surface area contributed by atoms with Crippen molar-refractivity contribution in [1.82, 2.24) is 4.57 Å². The lowest BCUT2D eigenvalue weighted by molar-refractivity contribution is 0.594. The molecule has 0 amide bonds. The van der Waals surface area contributed by atoms with Gasteiger partial charge in [-0.05, 0) is 39.9 Å². The lowest BCUT2D eigenvalue weighted by Gasteiger charge is -2.17. The van der Waals surface area contributed by atoms with Gasteiger partial charge in [0.05, 0.1) is 12.4 Å². The van der Waals surface area contributed by atoms with E-state index in [0.717, 1.165) is 10.8 Å². The Balaban J connectivity index is 2.21. The number of nitrogens with zero attached hydrogens (tertiary/aromatic N) is 1. The maximum absolute atomic E-state index is 8.88. The fraction of sp³-hybridized carbons (Fsp3) is 0.182. The summed E-state index contributed by atoms with van der Waals surface area (Å²) in [4.78, 5) is 0. The molecule has 3 aromatic carbocycles. The van der Waals surface area contributed by atoms with Crippen molar-refractivity contribution >= 4 is 21.7 Å². The first-order valence-corrected chi connectivity index (χ1v) is 7.74. The summed E-state index contributed by atoms with van der Waals surface area (Å²) in [7, 11) is 0. The van der Waals surface area contributed by atoms with Gasteiger partial charge in [-0.1, -0.05) is 69.2 Å². The van der Waals surface area contributed by atoms with Crippen LogP contribution in [-0.2, 0) is 5.41 Å². The van der Waals surface area contributed by atoms with Crippen molar-refractivity contribution in [3.8, 4) is 5.69 Å². The van der Waals surface area contributed by atoms with E-state index in [-0.39, 0.29) is 30.3 Å². The van der Waals surface area contributed by atoms with Crippen LogP contribution in [0.5, 0.6) is 0 Å². The van der Waals surface area contributed by atoms with E-state index in [0.29, 0.717) is 22.2 Å².